The predicted molar refractivity (Wildman–Crippen MR) is 130 cm³/mol. The van der Waals surface area contributed by atoms with Gasteiger partial charge < -0.3 is 9.64 Å². The van der Waals surface area contributed by atoms with E-state index >= 15 is 0 Å². The maximum absolute atomic E-state index is 13.3. The summed E-state index contributed by atoms with van der Waals surface area (Å²) < 4.78 is 18.3. The normalized spacial score (nSPS) is 17.3. The van der Waals surface area contributed by atoms with Crippen molar-refractivity contribution in [3.8, 4) is 17.0 Å². The molecule has 0 radical (unpaired) electrons. The van der Waals surface area contributed by atoms with Crippen molar-refractivity contribution in [1.29, 1.82) is 0 Å². The zero-order chi connectivity index (χ0) is 25.6. The van der Waals surface area contributed by atoms with Crippen LogP contribution in [0, 0.1) is 25.1 Å². The number of hydrogen-bond donors (Lipinski definition) is 0. The number of benzene rings is 2. The Morgan fingerprint density at radius 3 is 2.08 bits per heavy atom. The number of methoxy groups -OCH3 is 1. The molecule has 1 spiro atoms. The van der Waals surface area contributed by atoms with Crippen LogP contribution in [-0.2, 0) is 9.59 Å². The van der Waals surface area contributed by atoms with Crippen LogP contribution in [0.4, 0.5) is 4.39 Å². The third kappa shape index (κ3) is 4.17. The van der Waals surface area contributed by atoms with Crippen LogP contribution >= 0.6 is 0 Å². The van der Waals surface area contributed by atoms with Crippen LogP contribution < -0.4 is 4.74 Å². The van der Waals surface area contributed by atoms with Gasteiger partial charge >= 0.3 is 0 Å². The van der Waals surface area contributed by atoms with E-state index in [0.717, 1.165) is 27.8 Å². The lowest BCUT2D eigenvalue weighted by Gasteiger charge is -2.52. The fraction of sp³-hybridized carbons (Fsp3) is 0.321. The van der Waals surface area contributed by atoms with E-state index < -0.39 is 11.3 Å². The number of Topliss-reactive ketones (excluding diaryl/α,β-unsaturated/α-hetero) is 2. The molecule has 1 aliphatic carbocycles. The molecule has 1 amide bonds. The number of likely N-dealkylation sites (tertiary alicyclic amines) is 1. The Hall–Kier alpha value is -3.94. The van der Waals surface area contributed by atoms with Crippen molar-refractivity contribution in [2.24, 2.45) is 5.41 Å². The van der Waals surface area contributed by atoms with Gasteiger partial charge in [0.05, 0.1) is 7.11 Å². The molecule has 0 atom stereocenters. The maximum Gasteiger partial charge on any atom is 0.274 e. The van der Waals surface area contributed by atoms with Gasteiger partial charge in [0.15, 0.2) is 5.69 Å². The van der Waals surface area contributed by atoms with Gasteiger partial charge in [-0.2, -0.15) is 0 Å². The largest absolute Gasteiger partial charge is 0.480 e. The molecule has 2 heterocycles. The van der Waals surface area contributed by atoms with Crippen molar-refractivity contribution in [2.75, 3.05) is 20.2 Å². The minimum absolute atomic E-state index is 0.108. The fourth-order valence-electron chi connectivity index (χ4n) is 5.58. The summed E-state index contributed by atoms with van der Waals surface area (Å²) in [4.78, 5) is 41.0. The van der Waals surface area contributed by atoms with E-state index in [2.05, 4.69) is 10.2 Å². The fourth-order valence-corrected chi connectivity index (χ4v) is 5.58. The Morgan fingerprint density at radius 1 is 0.944 bits per heavy atom. The van der Waals surface area contributed by atoms with Gasteiger partial charge in [0, 0.05) is 37.4 Å². The second kappa shape index (κ2) is 8.93. The summed E-state index contributed by atoms with van der Waals surface area (Å²) in [6, 6.07) is 13.3. The molecule has 2 aliphatic rings. The molecule has 2 aromatic carbocycles. The highest BCUT2D eigenvalue weighted by molar-refractivity contribution is 6.11. The highest BCUT2D eigenvalue weighted by Crippen LogP contribution is 2.46. The third-order valence-electron chi connectivity index (χ3n) is 7.21. The Kier molecular flexibility index (Phi) is 5.90. The number of halogens is 1. The SMILES string of the molecule is COc1ccc(C(=O)N2CC3(CC(=O)C(c4c(C)cc(-c5ccc(F)cc5)cc4C)C(=O)C3)C2)nn1. The molecule has 1 aliphatic heterocycles. The second-order valence-electron chi connectivity index (χ2n) is 9.87. The van der Waals surface area contributed by atoms with Crippen molar-refractivity contribution < 1.29 is 23.5 Å². The van der Waals surface area contributed by atoms with E-state index in [4.69, 9.17) is 4.74 Å². The van der Waals surface area contributed by atoms with Gasteiger partial charge in [0.25, 0.3) is 5.91 Å². The smallest absolute Gasteiger partial charge is 0.274 e. The van der Waals surface area contributed by atoms with Crippen molar-refractivity contribution in [3.63, 3.8) is 0 Å². The van der Waals surface area contributed by atoms with E-state index in [0.29, 0.717) is 19.0 Å². The van der Waals surface area contributed by atoms with Crippen LogP contribution in [0.25, 0.3) is 11.1 Å². The van der Waals surface area contributed by atoms with E-state index in [1.807, 2.05) is 26.0 Å². The summed E-state index contributed by atoms with van der Waals surface area (Å²) in [7, 11) is 1.47. The molecule has 1 aromatic heterocycles. The Bertz CT molecular complexity index is 1320. The van der Waals surface area contributed by atoms with Gasteiger partial charge in [-0.1, -0.05) is 24.3 Å². The average molecular weight is 488 g/mol. The number of ketones is 2. The van der Waals surface area contributed by atoms with E-state index in [1.165, 1.54) is 19.2 Å². The molecule has 8 heteroatoms. The van der Waals surface area contributed by atoms with Crippen molar-refractivity contribution in [2.45, 2.75) is 32.6 Å². The summed E-state index contributed by atoms with van der Waals surface area (Å²) in [5.74, 6) is -1.27. The molecule has 184 valence electrons. The van der Waals surface area contributed by atoms with Gasteiger partial charge in [-0.3, -0.25) is 14.4 Å². The number of aromatic nitrogens is 2. The maximum atomic E-state index is 13.3. The number of rotatable bonds is 4. The van der Waals surface area contributed by atoms with Gasteiger partial charge in [-0.05, 0) is 59.9 Å². The number of ether oxygens (including phenoxy) is 1. The van der Waals surface area contributed by atoms with E-state index in [1.54, 1.807) is 29.2 Å². The van der Waals surface area contributed by atoms with Crippen molar-refractivity contribution in [1.82, 2.24) is 15.1 Å². The lowest BCUT2D eigenvalue weighted by Crippen LogP contribution is -2.62. The Morgan fingerprint density at radius 2 is 1.56 bits per heavy atom. The number of amides is 1. The lowest BCUT2D eigenvalue weighted by molar-refractivity contribution is -0.141. The van der Waals surface area contributed by atoms with Crippen LogP contribution in [0.15, 0.2) is 48.5 Å². The first-order valence-electron chi connectivity index (χ1n) is 11.8. The third-order valence-corrected chi connectivity index (χ3v) is 7.21. The van der Waals surface area contributed by atoms with Crippen LogP contribution in [0.5, 0.6) is 5.88 Å². The summed E-state index contributed by atoms with van der Waals surface area (Å²) in [6.45, 7) is 4.48. The standard InChI is InChI=1S/C28H26FN3O4/c1-16-10-19(18-4-6-20(29)7-5-18)11-17(2)25(16)26-22(33)12-28(13-23(26)34)14-32(15-28)27(35)21-8-9-24(36-3)31-30-21/h4-11,26H,12-15H2,1-3H3. The molecule has 1 saturated carbocycles. The summed E-state index contributed by atoms with van der Waals surface area (Å²) in [5.41, 5.74) is 3.94. The molecule has 36 heavy (non-hydrogen) atoms. The number of hydrogen-bond acceptors (Lipinski definition) is 6. The lowest BCUT2D eigenvalue weighted by atomic mass is 9.63. The Labute approximate surface area is 208 Å². The molecule has 0 unspecified atom stereocenters. The van der Waals surface area contributed by atoms with Crippen LogP contribution in [-0.4, -0.2) is 52.8 Å². The predicted octanol–water partition coefficient (Wildman–Crippen LogP) is 4.07. The highest BCUT2D eigenvalue weighted by Gasteiger charge is 2.53. The molecular formula is C28H26FN3O4. The minimum atomic E-state index is -0.796. The molecule has 1 saturated heterocycles. The van der Waals surface area contributed by atoms with Gasteiger partial charge in [-0.15, -0.1) is 10.2 Å². The quantitative estimate of drug-likeness (QED) is 0.516. The summed E-state index contributed by atoms with van der Waals surface area (Å²) >= 11 is 0. The van der Waals surface area contributed by atoms with Crippen LogP contribution in [0.3, 0.4) is 0 Å². The topological polar surface area (TPSA) is 89.5 Å². The number of aryl methyl sites for hydroxylation is 2. The van der Waals surface area contributed by atoms with Crippen molar-refractivity contribution in [3.05, 3.63) is 76.7 Å². The van der Waals surface area contributed by atoms with Crippen LogP contribution in [0.2, 0.25) is 0 Å². The zero-order valence-corrected chi connectivity index (χ0v) is 20.4. The van der Waals surface area contributed by atoms with Gasteiger partial charge in [-0.25, -0.2) is 4.39 Å². The van der Waals surface area contributed by atoms with E-state index in [9.17, 15) is 18.8 Å². The second-order valence-corrected chi connectivity index (χ2v) is 9.87. The molecule has 3 aromatic rings. The number of carbonyl (C=O) groups is 3. The molecule has 2 fully saturated rings. The van der Waals surface area contributed by atoms with E-state index in [-0.39, 0.29) is 41.8 Å². The number of carbonyl (C=O) groups excluding carboxylic acids is 3. The summed E-state index contributed by atoms with van der Waals surface area (Å²) in [6.07, 6.45) is 0.500. The molecular weight excluding hydrogens is 461 g/mol. The Balaban J connectivity index is 1.31. The van der Waals surface area contributed by atoms with Crippen LogP contribution in [0.1, 0.15) is 45.9 Å². The highest BCUT2D eigenvalue weighted by atomic mass is 19.1. The van der Waals surface area contributed by atoms with Gasteiger partial charge in [0.2, 0.25) is 5.88 Å². The molecule has 5 rings (SSSR count). The monoisotopic (exact) mass is 487 g/mol. The minimum Gasteiger partial charge on any atom is -0.480 e. The average Bonchev–Trinajstić information content (AvgIpc) is 2.83. The first-order chi connectivity index (χ1) is 17.2. The zero-order valence-electron chi connectivity index (χ0n) is 20.4. The van der Waals surface area contributed by atoms with Gasteiger partial charge in [0.1, 0.15) is 23.3 Å². The van der Waals surface area contributed by atoms with Crippen molar-refractivity contribution >= 4 is 17.5 Å². The summed E-state index contributed by atoms with van der Waals surface area (Å²) in [5, 5.41) is 7.73. The number of nitrogens with zero attached hydrogens (tertiary/aromatic N) is 3. The first kappa shape index (κ1) is 23.8. The molecule has 0 bridgehead atoms. The molecule has 0 N–H and O–H groups in total. The molecule has 7 nitrogen and oxygen atoms in total. The first-order valence-corrected chi connectivity index (χ1v) is 11.8.